The highest BCUT2D eigenvalue weighted by Gasteiger charge is 2.12. The van der Waals surface area contributed by atoms with Crippen LogP contribution in [-0.4, -0.2) is 27.3 Å². The first-order valence-corrected chi connectivity index (χ1v) is 7.53. The quantitative estimate of drug-likeness (QED) is 0.852. The second kappa shape index (κ2) is 6.32. The average molecular weight is 295 g/mol. The van der Waals surface area contributed by atoms with E-state index in [1.807, 2.05) is 6.92 Å². The minimum absolute atomic E-state index is 0.0325. The van der Waals surface area contributed by atoms with Gasteiger partial charge in [-0.25, -0.2) is 4.98 Å². The molecule has 0 aliphatic heterocycles. The molecule has 2 aromatic rings. The first-order valence-electron chi connectivity index (χ1n) is 6.65. The second-order valence-electron chi connectivity index (χ2n) is 5.66. The summed E-state index contributed by atoms with van der Waals surface area (Å²) in [5.74, 6) is 0.590. The van der Waals surface area contributed by atoms with Crippen LogP contribution in [-0.2, 0) is 13.0 Å². The Balaban J connectivity index is 1.75. The number of nitrogens with zero attached hydrogens (tertiary/aromatic N) is 3. The third kappa shape index (κ3) is 4.90. The number of rotatable bonds is 6. The molecule has 0 spiro atoms. The van der Waals surface area contributed by atoms with E-state index in [1.165, 1.54) is 0 Å². The molecule has 2 N–H and O–H groups in total. The number of nitrogens with one attached hydrogen (secondary N) is 2. The van der Waals surface area contributed by atoms with Crippen molar-refractivity contribution in [2.45, 2.75) is 46.2 Å². The van der Waals surface area contributed by atoms with Crippen molar-refractivity contribution in [1.82, 2.24) is 20.5 Å². The first kappa shape index (κ1) is 14.9. The standard InChI is InChI=1S/C13H21N5OS/c1-9-8-20-11(16-9)5-6-14-12-18-17-10(19-12)7-15-13(2,3)4/h8,15H,5-7H2,1-4H3,(H,14,18). The van der Waals surface area contributed by atoms with E-state index in [4.69, 9.17) is 4.42 Å². The van der Waals surface area contributed by atoms with Crippen LogP contribution in [0.3, 0.4) is 0 Å². The number of thiazole rings is 1. The van der Waals surface area contributed by atoms with Crippen LogP contribution in [0.25, 0.3) is 0 Å². The van der Waals surface area contributed by atoms with Gasteiger partial charge >= 0.3 is 6.01 Å². The van der Waals surface area contributed by atoms with Gasteiger partial charge in [0.1, 0.15) is 0 Å². The van der Waals surface area contributed by atoms with Crippen molar-refractivity contribution < 1.29 is 4.42 Å². The Morgan fingerprint density at radius 3 is 2.75 bits per heavy atom. The molecule has 2 rings (SSSR count). The molecule has 110 valence electrons. The summed E-state index contributed by atoms with van der Waals surface area (Å²) in [5.41, 5.74) is 1.10. The number of hydrogen-bond acceptors (Lipinski definition) is 7. The predicted octanol–water partition coefficient (Wildman–Crippen LogP) is 2.38. The lowest BCUT2D eigenvalue weighted by Gasteiger charge is -2.18. The van der Waals surface area contributed by atoms with Crippen LogP contribution in [0.15, 0.2) is 9.80 Å². The summed E-state index contributed by atoms with van der Waals surface area (Å²) in [7, 11) is 0. The van der Waals surface area contributed by atoms with Gasteiger partial charge in [-0.3, -0.25) is 0 Å². The van der Waals surface area contributed by atoms with Gasteiger partial charge in [0, 0.05) is 29.6 Å². The van der Waals surface area contributed by atoms with E-state index < -0.39 is 0 Å². The molecule has 0 radical (unpaired) electrons. The fourth-order valence-electron chi connectivity index (χ4n) is 1.53. The lowest BCUT2D eigenvalue weighted by Crippen LogP contribution is -2.35. The van der Waals surface area contributed by atoms with E-state index in [-0.39, 0.29) is 5.54 Å². The Labute approximate surface area is 123 Å². The van der Waals surface area contributed by atoms with Crippen molar-refractivity contribution in [1.29, 1.82) is 0 Å². The third-order valence-electron chi connectivity index (χ3n) is 2.52. The van der Waals surface area contributed by atoms with Crippen LogP contribution >= 0.6 is 11.3 Å². The molecule has 20 heavy (non-hydrogen) atoms. The summed E-state index contributed by atoms with van der Waals surface area (Å²) in [6.07, 6.45) is 0.858. The van der Waals surface area contributed by atoms with E-state index in [0.29, 0.717) is 18.5 Å². The van der Waals surface area contributed by atoms with Crippen LogP contribution in [0.2, 0.25) is 0 Å². The van der Waals surface area contributed by atoms with E-state index in [0.717, 1.165) is 23.7 Å². The van der Waals surface area contributed by atoms with Gasteiger partial charge in [0.25, 0.3) is 0 Å². The van der Waals surface area contributed by atoms with Gasteiger partial charge in [-0.2, -0.15) is 0 Å². The normalized spacial score (nSPS) is 11.8. The molecule has 0 amide bonds. The van der Waals surface area contributed by atoms with E-state index in [1.54, 1.807) is 11.3 Å². The zero-order valence-electron chi connectivity index (χ0n) is 12.4. The van der Waals surface area contributed by atoms with Crippen LogP contribution in [0.4, 0.5) is 6.01 Å². The highest BCUT2D eigenvalue weighted by molar-refractivity contribution is 7.09. The highest BCUT2D eigenvalue weighted by Crippen LogP contribution is 2.11. The summed E-state index contributed by atoms with van der Waals surface area (Å²) in [6.45, 7) is 9.60. The van der Waals surface area contributed by atoms with Crippen molar-refractivity contribution in [2.24, 2.45) is 0 Å². The topological polar surface area (TPSA) is 75.9 Å². The third-order valence-corrected chi connectivity index (χ3v) is 3.54. The van der Waals surface area contributed by atoms with Crippen LogP contribution in [0.1, 0.15) is 37.4 Å². The molecule has 2 aromatic heterocycles. The minimum atomic E-state index is 0.0325. The monoisotopic (exact) mass is 295 g/mol. The van der Waals surface area contributed by atoms with Gasteiger partial charge in [0.05, 0.1) is 11.6 Å². The van der Waals surface area contributed by atoms with E-state index in [9.17, 15) is 0 Å². The SMILES string of the molecule is Cc1csc(CCNc2nnc(CNC(C)(C)C)o2)n1. The zero-order valence-corrected chi connectivity index (χ0v) is 13.2. The lowest BCUT2D eigenvalue weighted by atomic mass is 10.1. The molecule has 0 saturated heterocycles. The average Bonchev–Trinajstić information content (AvgIpc) is 2.95. The fraction of sp³-hybridized carbons (Fsp3) is 0.615. The summed E-state index contributed by atoms with van der Waals surface area (Å²) in [4.78, 5) is 4.41. The van der Waals surface area contributed by atoms with Gasteiger partial charge in [-0.15, -0.1) is 16.4 Å². The number of aryl methyl sites for hydroxylation is 1. The molecule has 0 unspecified atom stereocenters. The van der Waals surface area contributed by atoms with Crippen molar-refractivity contribution in [3.63, 3.8) is 0 Å². The smallest absolute Gasteiger partial charge is 0.315 e. The maximum Gasteiger partial charge on any atom is 0.315 e. The molecular formula is C13H21N5OS. The lowest BCUT2D eigenvalue weighted by molar-refractivity contribution is 0.383. The maximum atomic E-state index is 5.51. The molecule has 7 heteroatoms. The summed E-state index contributed by atoms with van der Waals surface area (Å²) in [6, 6.07) is 0.462. The van der Waals surface area contributed by atoms with Crippen molar-refractivity contribution in [2.75, 3.05) is 11.9 Å². The maximum absolute atomic E-state index is 5.51. The Kier molecular flexibility index (Phi) is 4.72. The van der Waals surface area contributed by atoms with Gasteiger partial charge < -0.3 is 15.1 Å². The second-order valence-corrected chi connectivity index (χ2v) is 6.61. The summed E-state index contributed by atoms with van der Waals surface area (Å²) >= 11 is 1.67. The number of anilines is 1. The van der Waals surface area contributed by atoms with Gasteiger partial charge in [0.2, 0.25) is 5.89 Å². The summed E-state index contributed by atoms with van der Waals surface area (Å²) < 4.78 is 5.51. The number of hydrogen-bond donors (Lipinski definition) is 2. The van der Waals surface area contributed by atoms with Crippen molar-refractivity contribution >= 4 is 17.4 Å². The molecule has 0 atom stereocenters. The Morgan fingerprint density at radius 1 is 1.30 bits per heavy atom. The Morgan fingerprint density at radius 2 is 2.10 bits per heavy atom. The van der Waals surface area contributed by atoms with Crippen LogP contribution in [0.5, 0.6) is 0 Å². The fourth-order valence-corrected chi connectivity index (χ4v) is 2.31. The first-order chi connectivity index (χ1) is 9.42. The highest BCUT2D eigenvalue weighted by atomic mass is 32.1. The molecule has 0 aliphatic carbocycles. The van der Waals surface area contributed by atoms with E-state index in [2.05, 4.69) is 52.0 Å². The van der Waals surface area contributed by atoms with Crippen molar-refractivity contribution in [3.05, 3.63) is 22.0 Å². The molecule has 2 heterocycles. The number of aromatic nitrogens is 3. The molecule has 0 aromatic carbocycles. The largest absolute Gasteiger partial charge is 0.407 e. The Hall–Kier alpha value is -1.47. The molecule has 0 fully saturated rings. The van der Waals surface area contributed by atoms with Crippen LogP contribution < -0.4 is 10.6 Å². The Bertz CT molecular complexity index is 543. The van der Waals surface area contributed by atoms with Gasteiger partial charge in [0.15, 0.2) is 0 Å². The summed E-state index contributed by atoms with van der Waals surface area (Å²) in [5, 5.41) is 17.6. The van der Waals surface area contributed by atoms with Crippen LogP contribution in [0, 0.1) is 6.92 Å². The molecule has 0 saturated carbocycles. The molecular weight excluding hydrogens is 274 g/mol. The van der Waals surface area contributed by atoms with Crippen molar-refractivity contribution in [3.8, 4) is 0 Å². The molecule has 6 nitrogen and oxygen atoms in total. The van der Waals surface area contributed by atoms with E-state index >= 15 is 0 Å². The molecule has 0 bridgehead atoms. The minimum Gasteiger partial charge on any atom is -0.407 e. The van der Waals surface area contributed by atoms with Gasteiger partial charge in [-0.05, 0) is 27.7 Å². The predicted molar refractivity (Wildman–Crippen MR) is 79.9 cm³/mol. The zero-order chi connectivity index (χ0) is 14.6. The molecule has 0 aliphatic rings. The van der Waals surface area contributed by atoms with Gasteiger partial charge in [-0.1, -0.05) is 5.10 Å².